The van der Waals surface area contributed by atoms with Gasteiger partial charge in [-0.25, -0.2) is 4.57 Å². The summed E-state index contributed by atoms with van der Waals surface area (Å²) in [5, 5.41) is 13.9. The number of carbonyl (C=O) groups excluding carboxylic acids is 1. The van der Waals surface area contributed by atoms with Crippen molar-refractivity contribution in [3.63, 3.8) is 0 Å². The molecule has 8 nitrogen and oxygen atoms in total. The first-order valence-electron chi connectivity index (χ1n) is 32.5. The van der Waals surface area contributed by atoms with Crippen LogP contribution in [0.4, 0.5) is 0 Å². The molecule has 0 aromatic carbocycles. The summed E-state index contributed by atoms with van der Waals surface area (Å²) in [4.78, 5) is 23.3. The lowest BCUT2D eigenvalue weighted by atomic mass is 10.0. The Labute approximate surface area is 504 Å². The maximum absolute atomic E-state index is 13.0. The van der Waals surface area contributed by atoms with Crippen LogP contribution in [0.15, 0.2) is 170 Å². The number of carbonyl (C=O) groups is 1. The molecule has 0 saturated heterocycles. The molecule has 82 heavy (non-hydrogen) atoms. The minimum Gasteiger partial charge on any atom is -0.387 e. The van der Waals surface area contributed by atoms with Crippen LogP contribution >= 0.6 is 7.82 Å². The Morgan fingerprint density at radius 1 is 0.427 bits per heavy atom. The summed E-state index contributed by atoms with van der Waals surface area (Å²) in [6, 6.07) is -0.891. The van der Waals surface area contributed by atoms with Gasteiger partial charge in [0.1, 0.15) is 13.2 Å². The molecule has 0 bridgehead atoms. The molecule has 0 heterocycles. The molecule has 0 fully saturated rings. The average molecular weight is 1150 g/mol. The van der Waals surface area contributed by atoms with E-state index < -0.39 is 20.0 Å². The standard InChI is InChI=1S/C73H121N2O6P/c1-6-8-10-12-14-16-18-20-22-24-26-27-28-29-30-31-32-33-34-35-36-37-38-39-40-41-42-43-44-45-46-47-49-51-53-55-57-59-61-63-65-67-73(77)74-71(70-81-82(78,79)80-69-68-75(3,4)5)72(76)66-64-62-60-58-56-54-52-50-48-25-23-21-19-17-15-13-11-9-7-2/h8,10,14,16,20,22,26-27,29-30,32-33,35-36,38-39,41-42,44-45,47,49,53,55-56,58,64,66,71-72,76H,6-7,9,11-13,15,17-19,21,23-25,28,31,34,37,40,43,46,48,50-52,54,57,59-63,65,67-70H2,1-5H3,(H-,74,77,78,79)/p+1/b10-8-,16-14-,22-20-,27-26-,30-29-,33-32-,36-35-,39-38-,42-41-,45-44-,49-47-,55-53-,58-56+,66-64+. The molecule has 0 radical (unpaired) electrons. The van der Waals surface area contributed by atoms with E-state index in [-0.39, 0.29) is 19.1 Å². The van der Waals surface area contributed by atoms with Crippen LogP contribution in [-0.2, 0) is 18.4 Å². The third-order valence-corrected chi connectivity index (χ3v) is 14.4. The lowest BCUT2D eigenvalue weighted by Crippen LogP contribution is -2.45. The number of hydrogen-bond acceptors (Lipinski definition) is 5. The number of likely N-dealkylation sites (N-methyl/N-ethyl adjacent to an activating group) is 1. The minimum absolute atomic E-state index is 0.0419. The topological polar surface area (TPSA) is 105 Å². The van der Waals surface area contributed by atoms with Crippen molar-refractivity contribution in [1.29, 1.82) is 0 Å². The van der Waals surface area contributed by atoms with Gasteiger partial charge in [-0.15, -0.1) is 0 Å². The van der Waals surface area contributed by atoms with E-state index in [1.54, 1.807) is 6.08 Å². The van der Waals surface area contributed by atoms with Gasteiger partial charge in [0.2, 0.25) is 5.91 Å². The first-order valence-corrected chi connectivity index (χ1v) is 34.0. The first kappa shape index (κ1) is 77.9. The number of amides is 1. The first-order chi connectivity index (χ1) is 40.0. The Hall–Kier alpha value is -4.14. The van der Waals surface area contributed by atoms with Gasteiger partial charge >= 0.3 is 7.82 Å². The molecule has 0 aliphatic rings. The van der Waals surface area contributed by atoms with E-state index in [4.69, 9.17) is 9.05 Å². The van der Waals surface area contributed by atoms with Crippen molar-refractivity contribution < 1.29 is 32.9 Å². The summed E-state index contributed by atoms with van der Waals surface area (Å²) < 4.78 is 23.7. The fourth-order valence-corrected chi connectivity index (χ4v) is 9.13. The summed E-state index contributed by atoms with van der Waals surface area (Å²) >= 11 is 0. The van der Waals surface area contributed by atoms with E-state index >= 15 is 0 Å². The van der Waals surface area contributed by atoms with Crippen molar-refractivity contribution in [1.82, 2.24) is 5.32 Å². The number of unbranched alkanes of at least 4 members (excludes halogenated alkanes) is 18. The quantitative estimate of drug-likeness (QED) is 0.0243. The van der Waals surface area contributed by atoms with Gasteiger partial charge in [-0.05, 0) is 122 Å². The number of aliphatic hydroxyl groups excluding tert-OH is 1. The van der Waals surface area contributed by atoms with Crippen LogP contribution in [0.25, 0.3) is 0 Å². The number of phosphoric acid groups is 1. The fourth-order valence-electron chi connectivity index (χ4n) is 8.39. The maximum atomic E-state index is 13.0. The number of nitrogens with zero attached hydrogens (tertiary/aromatic N) is 1. The average Bonchev–Trinajstić information content (AvgIpc) is 3.47. The highest BCUT2D eigenvalue weighted by Crippen LogP contribution is 2.43. The highest BCUT2D eigenvalue weighted by molar-refractivity contribution is 7.47. The second kappa shape index (κ2) is 61.4. The predicted octanol–water partition coefficient (Wildman–Crippen LogP) is 20.8. The van der Waals surface area contributed by atoms with Crippen molar-refractivity contribution in [3.8, 4) is 0 Å². The number of rotatable bonds is 57. The SMILES string of the molecule is CC/C=C\C/C=C\C/C=C\C/C=C\C/C=C\C/C=C\C/C=C\C/C=C\C/C=C\C/C=C\C/C=C\C/C=C\CCCCCCC(=O)NC(COP(=O)(O)OCC[N+](C)(C)C)C(O)/C=C/CC/C=C/CCCCCCCCCCCCCCC. The van der Waals surface area contributed by atoms with Gasteiger partial charge in [-0.1, -0.05) is 274 Å². The molecular formula is C73H122N2O6P+. The molecule has 3 atom stereocenters. The Morgan fingerprint density at radius 3 is 1.12 bits per heavy atom. The highest BCUT2D eigenvalue weighted by atomic mass is 31.2. The molecule has 0 aromatic rings. The summed E-state index contributed by atoms with van der Waals surface area (Å²) in [7, 11) is 1.51. The summed E-state index contributed by atoms with van der Waals surface area (Å²) in [6.07, 6.45) is 97.6. The minimum atomic E-state index is -4.38. The van der Waals surface area contributed by atoms with Gasteiger partial charge in [0.25, 0.3) is 0 Å². The number of nitrogens with one attached hydrogen (secondary N) is 1. The zero-order chi connectivity index (χ0) is 59.8. The molecule has 0 saturated carbocycles. The molecule has 464 valence electrons. The van der Waals surface area contributed by atoms with Gasteiger partial charge in [0, 0.05) is 6.42 Å². The van der Waals surface area contributed by atoms with Crippen LogP contribution < -0.4 is 5.32 Å². The zero-order valence-corrected chi connectivity index (χ0v) is 53.8. The van der Waals surface area contributed by atoms with Crippen LogP contribution in [0.2, 0.25) is 0 Å². The third kappa shape index (κ3) is 63.4. The van der Waals surface area contributed by atoms with Gasteiger partial charge in [-0.3, -0.25) is 13.8 Å². The van der Waals surface area contributed by atoms with Crippen LogP contribution in [0.5, 0.6) is 0 Å². The Morgan fingerprint density at radius 2 is 0.744 bits per heavy atom. The monoisotopic (exact) mass is 1150 g/mol. The van der Waals surface area contributed by atoms with Gasteiger partial charge < -0.3 is 19.8 Å². The van der Waals surface area contributed by atoms with Crippen molar-refractivity contribution in [2.45, 2.75) is 244 Å². The highest BCUT2D eigenvalue weighted by Gasteiger charge is 2.27. The number of quaternary nitrogens is 1. The Kier molecular flexibility index (Phi) is 58.3. The van der Waals surface area contributed by atoms with E-state index in [0.29, 0.717) is 17.4 Å². The molecule has 0 aliphatic heterocycles. The van der Waals surface area contributed by atoms with E-state index in [1.165, 1.54) is 83.5 Å². The summed E-state index contributed by atoms with van der Waals surface area (Å²) in [5.74, 6) is -0.218. The number of aliphatic hydroxyl groups is 1. The van der Waals surface area contributed by atoms with Crippen molar-refractivity contribution >= 4 is 13.7 Å². The van der Waals surface area contributed by atoms with Gasteiger partial charge in [-0.2, -0.15) is 0 Å². The van der Waals surface area contributed by atoms with Gasteiger partial charge in [0.15, 0.2) is 0 Å². The van der Waals surface area contributed by atoms with Gasteiger partial charge in [0.05, 0.1) is 39.9 Å². The largest absolute Gasteiger partial charge is 0.472 e. The summed E-state index contributed by atoms with van der Waals surface area (Å²) in [6.45, 7) is 4.65. The molecule has 0 spiro atoms. The van der Waals surface area contributed by atoms with E-state index in [0.717, 1.165) is 128 Å². The maximum Gasteiger partial charge on any atom is 0.472 e. The molecule has 0 rings (SSSR count). The molecule has 9 heteroatoms. The molecular weight excluding hydrogens is 1030 g/mol. The number of allylic oxidation sites excluding steroid dienone is 27. The number of hydrogen-bond donors (Lipinski definition) is 3. The smallest absolute Gasteiger partial charge is 0.387 e. The number of phosphoric ester groups is 1. The Bertz CT molecular complexity index is 1940. The fraction of sp³-hybridized carbons (Fsp3) is 0.603. The second-order valence-electron chi connectivity index (χ2n) is 22.4. The normalized spacial score (nSPS) is 14.9. The van der Waals surface area contributed by atoms with E-state index in [9.17, 15) is 19.4 Å². The third-order valence-electron chi connectivity index (χ3n) is 13.4. The molecule has 0 aliphatic carbocycles. The molecule has 0 aromatic heterocycles. The van der Waals surface area contributed by atoms with Crippen molar-refractivity contribution in [2.24, 2.45) is 0 Å². The van der Waals surface area contributed by atoms with E-state index in [1.807, 2.05) is 27.2 Å². The lowest BCUT2D eigenvalue weighted by molar-refractivity contribution is -0.870. The zero-order valence-electron chi connectivity index (χ0n) is 52.9. The molecule has 3 unspecified atom stereocenters. The molecule has 3 N–H and O–H groups in total. The van der Waals surface area contributed by atoms with Crippen molar-refractivity contribution in [2.75, 3.05) is 40.9 Å². The van der Waals surface area contributed by atoms with Crippen LogP contribution in [0, 0.1) is 0 Å². The second-order valence-corrected chi connectivity index (χ2v) is 23.8. The van der Waals surface area contributed by atoms with Crippen LogP contribution in [0.3, 0.4) is 0 Å². The van der Waals surface area contributed by atoms with Crippen molar-refractivity contribution in [3.05, 3.63) is 170 Å². The van der Waals surface area contributed by atoms with E-state index in [2.05, 4.69) is 177 Å². The molecule has 1 amide bonds. The van der Waals surface area contributed by atoms with Crippen LogP contribution in [-0.4, -0.2) is 73.4 Å². The summed E-state index contributed by atoms with van der Waals surface area (Å²) in [5.41, 5.74) is 0. The Balaban J connectivity index is 4.25. The lowest BCUT2D eigenvalue weighted by Gasteiger charge is -2.25. The van der Waals surface area contributed by atoms with Crippen LogP contribution in [0.1, 0.15) is 232 Å². The predicted molar refractivity (Wildman–Crippen MR) is 359 cm³/mol.